The average molecular weight is 271 g/mol. The first-order valence-corrected chi connectivity index (χ1v) is 6.43. The summed E-state index contributed by atoms with van der Waals surface area (Å²) in [6, 6.07) is 7.79. The van der Waals surface area contributed by atoms with Gasteiger partial charge in [0.1, 0.15) is 5.92 Å². The fraction of sp³-hybridized carbons (Fsp3) is 0.333. The Hall–Kier alpha value is -2.30. The van der Waals surface area contributed by atoms with Crippen molar-refractivity contribution in [1.82, 2.24) is 15.2 Å². The third-order valence-corrected chi connectivity index (χ3v) is 3.28. The van der Waals surface area contributed by atoms with Gasteiger partial charge in [0, 0.05) is 0 Å². The van der Waals surface area contributed by atoms with Crippen molar-refractivity contribution in [2.75, 3.05) is 0 Å². The van der Waals surface area contributed by atoms with Crippen LogP contribution in [0.4, 0.5) is 0 Å². The molecule has 5 heteroatoms. The van der Waals surface area contributed by atoms with E-state index in [9.17, 15) is 9.90 Å². The Morgan fingerprint density at radius 2 is 1.75 bits per heavy atom. The topological polar surface area (TPSA) is 76.0 Å². The predicted molar refractivity (Wildman–Crippen MR) is 74.6 cm³/mol. The molecule has 0 fully saturated rings. The van der Waals surface area contributed by atoms with E-state index in [0.717, 1.165) is 11.1 Å². The quantitative estimate of drug-likeness (QED) is 0.922. The van der Waals surface area contributed by atoms with E-state index < -0.39 is 11.9 Å². The lowest BCUT2D eigenvalue weighted by Gasteiger charge is -2.11. The number of aliphatic carboxylic acids is 1. The van der Waals surface area contributed by atoms with Gasteiger partial charge in [-0.05, 0) is 32.8 Å². The van der Waals surface area contributed by atoms with Crippen LogP contribution in [0.3, 0.4) is 0 Å². The van der Waals surface area contributed by atoms with Crippen LogP contribution in [0.2, 0.25) is 0 Å². The second kappa shape index (κ2) is 5.77. The number of rotatable bonds is 4. The highest BCUT2D eigenvalue weighted by molar-refractivity contribution is 5.75. The van der Waals surface area contributed by atoms with E-state index in [0.29, 0.717) is 17.8 Å². The number of aromatic nitrogens is 3. The molecule has 0 spiro atoms. The largest absolute Gasteiger partial charge is 0.481 e. The summed E-state index contributed by atoms with van der Waals surface area (Å²) < 4.78 is 0. The molecular formula is C15H17N3O2. The van der Waals surface area contributed by atoms with Crippen LogP contribution in [-0.4, -0.2) is 26.3 Å². The number of nitrogens with zero attached hydrogens (tertiary/aromatic N) is 3. The van der Waals surface area contributed by atoms with Crippen LogP contribution < -0.4 is 0 Å². The van der Waals surface area contributed by atoms with Crippen LogP contribution in [0.15, 0.2) is 24.3 Å². The smallest absolute Gasteiger partial charge is 0.314 e. The normalized spacial score (nSPS) is 12.2. The highest BCUT2D eigenvalue weighted by atomic mass is 16.4. The maximum absolute atomic E-state index is 11.5. The lowest BCUT2D eigenvalue weighted by Crippen LogP contribution is -2.19. The summed E-state index contributed by atoms with van der Waals surface area (Å²) >= 11 is 0. The Morgan fingerprint density at radius 1 is 1.10 bits per heavy atom. The maximum atomic E-state index is 11.5. The molecule has 0 saturated heterocycles. The molecule has 0 saturated carbocycles. The summed E-state index contributed by atoms with van der Waals surface area (Å²) in [5.41, 5.74) is 3.52. The van der Waals surface area contributed by atoms with Gasteiger partial charge in [0.2, 0.25) is 0 Å². The highest BCUT2D eigenvalue weighted by Crippen LogP contribution is 2.19. The molecule has 2 rings (SSSR count). The second-order valence-electron chi connectivity index (χ2n) is 4.92. The summed E-state index contributed by atoms with van der Waals surface area (Å²) in [5, 5.41) is 17.3. The Morgan fingerprint density at radius 3 is 2.30 bits per heavy atom. The summed E-state index contributed by atoms with van der Waals surface area (Å²) in [5.74, 6) is -1.44. The minimum absolute atomic E-state index is 0.265. The molecule has 1 aromatic heterocycles. The van der Waals surface area contributed by atoms with Crippen molar-refractivity contribution in [3.63, 3.8) is 0 Å². The minimum atomic E-state index is -0.935. The molecule has 20 heavy (non-hydrogen) atoms. The van der Waals surface area contributed by atoms with Gasteiger partial charge in [-0.1, -0.05) is 29.8 Å². The van der Waals surface area contributed by atoms with Crippen molar-refractivity contribution < 1.29 is 9.90 Å². The van der Waals surface area contributed by atoms with Crippen LogP contribution in [0.5, 0.6) is 0 Å². The molecule has 0 aliphatic heterocycles. The molecule has 1 atom stereocenters. The summed E-state index contributed by atoms with van der Waals surface area (Å²) in [4.78, 5) is 15.7. The monoisotopic (exact) mass is 271 g/mol. The van der Waals surface area contributed by atoms with Crippen LogP contribution in [-0.2, 0) is 11.2 Å². The number of carbonyl (C=O) groups is 1. The Labute approximate surface area is 117 Å². The van der Waals surface area contributed by atoms with Crippen LogP contribution in [0, 0.1) is 20.8 Å². The van der Waals surface area contributed by atoms with Gasteiger partial charge in [0.15, 0.2) is 5.82 Å². The molecule has 104 valence electrons. The molecule has 0 aliphatic rings. The van der Waals surface area contributed by atoms with Crippen molar-refractivity contribution in [3.8, 4) is 0 Å². The molecular weight excluding hydrogens is 254 g/mol. The lowest BCUT2D eigenvalue weighted by molar-refractivity contribution is -0.139. The standard InChI is InChI=1S/C15H17N3O2/c1-9-4-6-12(7-5-9)8-13(15(19)20)14-16-10(2)11(3)17-18-14/h4-7,13H,8H2,1-3H3,(H,19,20). The zero-order valence-corrected chi connectivity index (χ0v) is 11.8. The van der Waals surface area contributed by atoms with Crippen molar-refractivity contribution in [1.29, 1.82) is 0 Å². The second-order valence-corrected chi connectivity index (χ2v) is 4.92. The predicted octanol–water partition coefficient (Wildman–Crippen LogP) is 2.21. The maximum Gasteiger partial charge on any atom is 0.314 e. The van der Waals surface area contributed by atoms with E-state index in [2.05, 4.69) is 15.2 Å². The number of aryl methyl sites for hydroxylation is 3. The first kappa shape index (κ1) is 14.1. The minimum Gasteiger partial charge on any atom is -0.481 e. The number of hydrogen-bond acceptors (Lipinski definition) is 4. The van der Waals surface area contributed by atoms with Gasteiger partial charge in [0.25, 0.3) is 0 Å². The summed E-state index contributed by atoms with van der Waals surface area (Å²) in [7, 11) is 0. The van der Waals surface area contributed by atoms with Crippen molar-refractivity contribution in [3.05, 3.63) is 52.6 Å². The van der Waals surface area contributed by atoms with E-state index in [-0.39, 0.29) is 5.82 Å². The van der Waals surface area contributed by atoms with Gasteiger partial charge in [-0.3, -0.25) is 4.79 Å². The molecule has 1 aromatic carbocycles. The van der Waals surface area contributed by atoms with Gasteiger partial charge in [-0.15, -0.1) is 5.10 Å². The Kier molecular flexibility index (Phi) is 4.08. The number of carboxylic acids is 1. The SMILES string of the molecule is Cc1ccc(CC(C(=O)O)c2nnc(C)c(C)n2)cc1. The number of carboxylic acid groups (broad SMARTS) is 1. The zero-order valence-electron chi connectivity index (χ0n) is 11.8. The molecule has 2 aromatic rings. The van der Waals surface area contributed by atoms with E-state index in [1.165, 1.54) is 0 Å². The molecule has 0 amide bonds. The fourth-order valence-electron chi connectivity index (χ4n) is 1.87. The first-order valence-electron chi connectivity index (χ1n) is 6.43. The summed E-state index contributed by atoms with van der Waals surface area (Å²) in [6.07, 6.45) is 0.361. The molecule has 1 N–H and O–H groups in total. The van der Waals surface area contributed by atoms with Crippen molar-refractivity contribution >= 4 is 5.97 Å². The van der Waals surface area contributed by atoms with E-state index >= 15 is 0 Å². The van der Waals surface area contributed by atoms with E-state index in [1.807, 2.05) is 31.2 Å². The van der Waals surface area contributed by atoms with Crippen LogP contribution in [0.25, 0.3) is 0 Å². The van der Waals surface area contributed by atoms with E-state index in [4.69, 9.17) is 0 Å². The van der Waals surface area contributed by atoms with Crippen LogP contribution >= 0.6 is 0 Å². The molecule has 0 radical (unpaired) electrons. The molecule has 1 unspecified atom stereocenters. The van der Waals surface area contributed by atoms with Crippen molar-refractivity contribution in [2.45, 2.75) is 33.1 Å². The molecule has 5 nitrogen and oxygen atoms in total. The third-order valence-electron chi connectivity index (χ3n) is 3.28. The Bertz CT molecular complexity index is 624. The average Bonchev–Trinajstić information content (AvgIpc) is 2.41. The van der Waals surface area contributed by atoms with Crippen LogP contribution in [0.1, 0.15) is 34.3 Å². The molecule has 1 heterocycles. The van der Waals surface area contributed by atoms with Gasteiger partial charge in [0.05, 0.1) is 11.4 Å². The van der Waals surface area contributed by atoms with Gasteiger partial charge >= 0.3 is 5.97 Å². The number of hydrogen-bond donors (Lipinski definition) is 1. The zero-order chi connectivity index (χ0) is 14.7. The van der Waals surface area contributed by atoms with Gasteiger partial charge in [-0.2, -0.15) is 5.10 Å². The van der Waals surface area contributed by atoms with Gasteiger partial charge in [-0.25, -0.2) is 4.98 Å². The summed E-state index contributed by atoms with van der Waals surface area (Å²) in [6.45, 7) is 5.60. The highest BCUT2D eigenvalue weighted by Gasteiger charge is 2.24. The molecule has 0 aliphatic carbocycles. The molecule has 0 bridgehead atoms. The third kappa shape index (κ3) is 3.17. The van der Waals surface area contributed by atoms with Crippen molar-refractivity contribution in [2.24, 2.45) is 0 Å². The Balaban J connectivity index is 2.29. The fourth-order valence-corrected chi connectivity index (χ4v) is 1.87. The lowest BCUT2D eigenvalue weighted by atomic mass is 9.98. The van der Waals surface area contributed by atoms with E-state index in [1.54, 1.807) is 13.8 Å². The van der Waals surface area contributed by atoms with Gasteiger partial charge < -0.3 is 5.11 Å². The number of benzene rings is 1. The first-order chi connectivity index (χ1) is 9.47.